The molecule has 0 aliphatic carbocycles. The van der Waals surface area contributed by atoms with Gasteiger partial charge in [0.05, 0.1) is 6.10 Å². The number of hydrogen-bond donors (Lipinski definition) is 0. The molecule has 106 valence electrons. The molecule has 1 fully saturated rings. The number of halogens is 1. The van der Waals surface area contributed by atoms with Gasteiger partial charge in [0, 0.05) is 37.7 Å². The number of hydrogen-bond acceptors (Lipinski definition) is 3. The molecule has 4 heteroatoms. The molecule has 0 N–H and O–H groups in total. The van der Waals surface area contributed by atoms with Crippen LogP contribution in [0.4, 0.5) is 5.82 Å². The van der Waals surface area contributed by atoms with Crippen molar-refractivity contribution >= 4 is 28.2 Å². The van der Waals surface area contributed by atoms with Crippen molar-refractivity contribution in [2.75, 3.05) is 25.1 Å². The van der Waals surface area contributed by atoms with Gasteiger partial charge in [0.1, 0.15) is 5.82 Å². The summed E-state index contributed by atoms with van der Waals surface area (Å²) in [5.41, 5.74) is 1.10. The highest BCUT2D eigenvalue weighted by Gasteiger charge is 2.21. The van der Waals surface area contributed by atoms with E-state index >= 15 is 0 Å². The highest BCUT2D eigenvalue weighted by atomic mass is 35.5. The third kappa shape index (κ3) is 2.48. The maximum atomic E-state index is 6.01. The second-order valence-corrected chi connectivity index (χ2v) is 5.48. The molecule has 1 aromatic carbocycles. The summed E-state index contributed by atoms with van der Waals surface area (Å²) >= 11 is 6.01. The quantitative estimate of drug-likeness (QED) is 0.808. The number of benzene rings is 1. The Morgan fingerprint density at radius 1 is 1.25 bits per heavy atom. The molecule has 3 nitrogen and oxygen atoms in total. The van der Waals surface area contributed by atoms with E-state index in [0.717, 1.165) is 37.3 Å². The molecule has 1 aromatic heterocycles. The van der Waals surface area contributed by atoms with E-state index in [1.807, 2.05) is 6.20 Å². The van der Waals surface area contributed by atoms with Gasteiger partial charge < -0.3 is 9.64 Å². The summed E-state index contributed by atoms with van der Waals surface area (Å²) in [6.07, 6.45) is 4.42. The van der Waals surface area contributed by atoms with Crippen LogP contribution in [0.5, 0.6) is 0 Å². The van der Waals surface area contributed by atoms with Gasteiger partial charge in [-0.25, -0.2) is 4.98 Å². The van der Waals surface area contributed by atoms with E-state index < -0.39 is 0 Å². The number of pyridine rings is 1. The van der Waals surface area contributed by atoms with E-state index in [2.05, 4.69) is 34.1 Å². The van der Waals surface area contributed by atoms with E-state index in [-0.39, 0.29) is 0 Å². The first-order valence-electron chi connectivity index (χ1n) is 7.04. The Balaban J connectivity index is 1.96. The zero-order valence-corrected chi connectivity index (χ0v) is 12.4. The zero-order valence-electron chi connectivity index (χ0n) is 11.7. The lowest BCUT2D eigenvalue weighted by atomic mass is 10.0. The SMILES string of the molecule is COC1CCN(c2ncc(CCl)c3ccccc23)CC1. The fourth-order valence-corrected chi connectivity index (χ4v) is 3.11. The minimum atomic E-state index is 0.389. The molecular formula is C16H19ClN2O. The first-order valence-corrected chi connectivity index (χ1v) is 7.57. The Labute approximate surface area is 124 Å². The number of anilines is 1. The third-order valence-electron chi connectivity index (χ3n) is 4.08. The topological polar surface area (TPSA) is 25.4 Å². The molecule has 3 rings (SSSR count). The fraction of sp³-hybridized carbons (Fsp3) is 0.438. The fourth-order valence-electron chi connectivity index (χ4n) is 2.90. The van der Waals surface area contributed by atoms with E-state index in [9.17, 15) is 0 Å². The molecule has 1 aliphatic rings. The van der Waals surface area contributed by atoms with Crippen molar-refractivity contribution in [1.29, 1.82) is 0 Å². The molecule has 0 unspecified atom stereocenters. The zero-order chi connectivity index (χ0) is 13.9. The largest absolute Gasteiger partial charge is 0.381 e. The number of fused-ring (bicyclic) bond motifs is 1. The molecule has 1 saturated heterocycles. The van der Waals surface area contributed by atoms with E-state index in [0.29, 0.717) is 12.0 Å². The van der Waals surface area contributed by atoms with E-state index in [4.69, 9.17) is 16.3 Å². The molecule has 0 amide bonds. The standard InChI is InChI=1S/C16H19ClN2O/c1-20-13-6-8-19(9-7-13)16-15-5-3-2-4-14(15)12(10-17)11-18-16/h2-5,11,13H,6-10H2,1H3. The first kappa shape index (κ1) is 13.7. The van der Waals surface area contributed by atoms with Crippen molar-refractivity contribution in [1.82, 2.24) is 4.98 Å². The monoisotopic (exact) mass is 290 g/mol. The Kier molecular flexibility index (Phi) is 4.08. The molecule has 0 atom stereocenters. The summed E-state index contributed by atoms with van der Waals surface area (Å²) in [5, 5.41) is 2.41. The van der Waals surface area contributed by atoms with Gasteiger partial charge >= 0.3 is 0 Å². The number of aromatic nitrogens is 1. The average molecular weight is 291 g/mol. The van der Waals surface area contributed by atoms with Crippen LogP contribution in [0.15, 0.2) is 30.5 Å². The minimum Gasteiger partial charge on any atom is -0.381 e. The van der Waals surface area contributed by atoms with Gasteiger partial charge in [-0.3, -0.25) is 0 Å². The van der Waals surface area contributed by atoms with Gasteiger partial charge in [0.15, 0.2) is 0 Å². The van der Waals surface area contributed by atoms with Crippen LogP contribution < -0.4 is 4.90 Å². The van der Waals surface area contributed by atoms with Crippen molar-refractivity contribution in [3.63, 3.8) is 0 Å². The highest BCUT2D eigenvalue weighted by Crippen LogP contribution is 2.29. The molecule has 2 heterocycles. The van der Waals surface area contributed by atoms with E-state index in [1.165, 1.54) is 10.8 Å². The van der Waals surface area contributed by atoms with Crippen molar-refractivity contribution < 1.29 is 4.74 Å². The molecule has 0 spiro atoms. The second-order valence-electron chi connectivity index (χ2n) is 5.21. The number of ether oxygens (including phenoxy) is 1. The van der Waals surface area contributed by atoms with Crippen molar-refractivity contribution in [2.45, 2.75) is 24.8 Å². The Morgan fingerprint density at radius 3 is 2.60 bits per heavy atom. The average Bonchev–Trinajstić information content (AvgIpc) is 2.54. The summed E-state index contributed by atoms with van der Waals surface area (Å²) in [5.74, 6) is 1.57. The molecule has 0 bridgehead atoms. The van der Waals surface area contributed by atoms with Gasteiger partial charge in [0.2, 0.25) is 0 Å². The summed E-state index contributed by atoms with van der Waals surface area (Å²) < 4.78 is 5.43. The predicted octanol–water partition coefficient (Wildman–Crippen LogP) is 3.59. The molecule has 2 aromatic rings. The number of rotatable bonds is 3. The normalized spacial score (nSPS) is 16.8. The van der Waals surface area contributed by atoms with E-state index in [1.54, 1.807) is 7.11 Å². The van der Waals surface area contributed by atoms with Crippen LogP contribution in [-0.2, 0) is 10.6 Å². The second kappa shape index (κ2) is 5.98. The van der Waals surface area contributed by atoms with Crippen LogP contribution in [0.1, 0.15) is 18.4 Å². The Bertz CT molecular complexity index is 594. The van der Waals surface area contributed by atoms with Gasteiger partial charge in [-0.05, 0) is 23.8 Å². The number of piperidine rings is 1. The van der Waals surface area contributed by atoms with Crippen LogP contribution in [0.2, 0.25) is 0 Å². The lowest BCUT2D eigenvalue weighted by molar-refractivity contribution is 0.0818. The number of alkyl halides is 1. The maximum Gasteiger partial charge on any atom is 0.136 e. The summed E-state index contributed by atoms with van der Waals surface area (Å²) in [7, 11) is 1.79. The molecule has 0 saturated carbocycles. The molecule has 20 heavy (non-hydrogen) atoms. The van der Waals surface area contributed by atoms with Gasteiger partial charge in [-0.2, -0.15) is 0 Å². The van der Waals surface area contributed by atoms with Crippen molar-refractivity contribution in [3.05, 3.63) is 36.0 Å². The molecule has 0 radical (unpaired) electrons. The Hall–Kier alpha value is -1.32. The summed E-state index contributed by atoms with van der Waals surface area (Å²) in [6.45, 7) is 1.99. The van der Waals surface area contributed by atoms with Crippen LogP contribution in [0.3, 0.4) is 0 Å². The minimum absolute atomic E-state index is 0.389. The van der Waals surface area contributed by atoms with Crippen LogP contribution >= 0.6 is 11.6 Å². The molecular weight excluding hydrogens is 272 g/mol. The highest BCUT2D eigenvalue weighted by molar-refractivity contribution is 6.18. The lowest BCUT2D eigenvalue weighted by Gasteiger charge is -2.32. The van der Waals surface area contributed by atoms with Crippen LogP contribution in [0.25, 0.3) is 10.8 Å². The van der Waals surface area contributed by atoms with Crippen molar-refractivity contribution in [2.24, 2.45) is 0 Å². The Morgan fingerprint density at radius 2 is 1.95 bits per heavy atom. The maximum absolute atomic E-state index is 6.01. The number of nitrogens with zero attached hydrogens (tertiary/aromatic N) is 2. The van der Waals surface area contributed by atoms with Gasteiger partial charge in [-0.15, -0.1) is 11.6 Å². The van der Waals surface area contributed by atoms with Gasteiger partial charge in [0.25, 0.3) is 0 Å². The summed E-state index contributed by atoms with van der Waals surface area (Å²) in [6, 6.07) is 8.38. The third-order valence-corrected chi connectivity index (χ3v) is 4.36. The first-order chi connectivity index (χ1) is 9.83. The predicted molar refractivity (Wildman–Crippen MR) is 83.5 cm³/mol. The molecule has 1 aliphatic heterocycles. The lowest BCUT2D eigenvalue weighted by Crippen LogP contribution is -2.37. The van der Waals surface area contributed by atoms with Crippen LogP contribution in [-0.4, -0.2) is 31.3 Å². The number of methoxy groups -OCH3 is 1. The van der Waals surface area contributed by atoms with Crippen molar-refractivity contribution in [3.8, 4) is 0 Å². The smallest absolute Gasteiger partial charge is 0.136 e. The van der Waals surface area contributed by atoms with Crippen LogP contribution in [0, 0.1) is 0 Å². The van der Waals surface area contributed by atoms with Gasteiger partial charge in [-0.1, -0.05) is 24.3 Å². The summed E-state index contributed by atoms with van der Waals surface area (Å²) in [4.78, 5) is 7.01.